The summed E-state index contributed by atoms with van der Waals surface area (Å²) in [6.45, 7) is 0.606. The number of rotatable bonds is 4. The van der Waals surface area contributed by atoms with Gasteiger partial charge in [-0.3, -0.25) is 9.36 Å². The normalized spacial score (nSPS) is 11.0. The summed E-state index contributed by atoms with van der Waals surface area (Å²) in [4.78, 5) is 25.3. The summed E-state index contributed by atoms with van der Waals surface area (Å²) in [5, 5.41) is 4.05. The topological polar surface area (TPSA) is 51.1 Å². The zero-order valence-corrected chi connectivity index (χ0v) is 14.5. The number of para-hydroxylation sites is 2. The molecule has 4 nitrogen and oxygen atoms in total. The lowest BCUT2D eigenvalue weighted by atomic mass is 10.1. The van der Waals surface area contributed by atoms with Crippen LogP contribution in [0.3, 0.4) is 0 Å². The lowest BCUT2D eigenvalue weighted by Crippen LogP contribution is -2.31. The molecule has 1 aromatic heterocycles. The molecule has 0 aliphatic rings. The molecule has 0 fully saturated rings. The molecule has 0 saturated heterocycles. The third kappa shape index (κ3) is 3.12. The van der Waals surface area contributed by atoms with Gasteiger partial charge >= 0.3 is 6.03 Å². The fourth-order valence-electron chi connectivity index (χ4n) is 2.64. The van der Waals surface area contributed by atoms with E-state index in [0.717, 1.165) is 12.2 Å². The first-order valence-corrected chi connectivity index (χ1v) is 9.82. The molecule has 0 radical (unpaired) electrons. The smallest absolute Gasteiger partial charge is 0.326 e. The van der Waals surface area contributed by atoms with Crippen molar-refractivity contribution in [2.45, 2.75) is 6.42 Å². The van der Waals surface area contributed by atoms with E-state index in [1.54, 1.807) is 40.2 Å². The van der Waals surface area contributed by atoms with Gasteiger partial charge in [0, 0.05) is 17.3 Å². The summed E-state index contributed by atoms with van der Waals surface area (Å²) < 4.78 is 1.60. The number of carbonyl (C=O) groups is 1. The molecule has 6 heteroatoms. The molecule has 23 heavy (non-hydrogen) atoms. The molecule has 0 bridgehead atoms. The maximum absolute atomic E-state index is 12.7. The molecule has 1 amide bonds. The molecule has 0 aliphatic heterocycles. The van der Waals surface area contributed by atoms with Crippen molar-refractivity contribution in [3.05, 3.63) is 58.8 Å². The molecule has 1 heterocycles. The van der Waals surface area contributed by atoms with E-state index in [2.05, 4.69) is 13.8 Å². The Kier molecular flexibility index (Phi) is 4.99. The number of amides is 1. The van der Waals surface area contributed by atoms with Gasteiger partial charge < -0.3 is 5.32 Å². The van der Waals surface area contributed by atoms with Crippen LogP contribution in [0, 0.1) is 0 Å². The van der Waals surface area contributed by atoms with E-state index in [-0.39, 0.29) is 11.5 Å². The Morgan fingerprint density at radius 1 is 1.04 bits per heavy atom. The van der Waals surface area contributed by atoms with Crippen molar-refractivity contribution in [2.75, 3.05) is 12.3 Å². The van der Waals surface area contributed by atoms with E-state index < -0.39 is 0 Å². The zero-order chi connectivity index (χ0) is 16.2. The number of carbonyl (C=O) groups excluding carboxylic acids is 1. The molecular weight excluding hydrogens is 327 g/mol. The first kappa shape index (κ1) is 16.0. The van der Waals surface area contributed by atoms with Crippen LogP contribution in [0.15, 0.2) is 53.3 Å². The second kappa shape index (κ2) is 7.16. The minimum absolute atomic E-state index is 0.0420. The van der Waals surface area contributed by atoms with Gasteiger partial charge in [0.2, 0.25) is 0 Å². The Hall–Kier alpha value is -1.84. The number of nitrogens with zero attached hydrogens (tertiary/aromatic N) is 1. The number of pyridine rings is 1. The fraction of sp³-hybridized carbons (Fsp3) is 0.176. The van der Waals surface area contributed by atoms with E-state index in [9.17, 15) is 9.59 Å². The van der Waals surface area contributed by atoms with E-state index in [1.807, 2.05) is 24.3 Å². The largest absolute Gasteiger partial charge is 0.337 e. The van der Waals surface area contributed by atoms with Gasteiger partial charge in [-0.1, -0.05) is 32.7 Å². The predicted octanol–water partition coefficient (Wildman–Crippen LogP) is 3.63. The minimum Gasteiger partial charge on any atom is -0.337 e. The van der Waals surface area contributed by atoms with Crippen LogP contribution in [-0.4, -0.2) is 22.9 Å². The second-order valence-corrected chi connectivity index (χ2v) is 6.90. The van der Waals surface area contributed by atoms with Gasteiger partial charge in [-0.2, -0.15) is 0 Å². The van der Waals surface area contributed by atoms with E-state index in [1.165, 1.54) is 0 Å². The molecule has 1 N–H and O–H groups in total. The highest BCUT2D eigenvalue weighted by Gasteiger charge is 2.14. The molecular formula is C17H17N2O2PS. The average Bonchev–Trinajstić information content (AvgIpc) is 2.59. The van der Waals surface area contributed by atoms with Crippen molar-refractivity contribution in [2.24, 2.45) is 0 Å². The first-order valence-electron chi connectivity index (χ1n) is 7.36. The Bertz CT molecular complexity index is 863. The van der Waals surface area contributed by atoms with Crippen LogP contribution in [0.5, 0.6) is 0 Å². The lowest BCUT2D eigenvalue weighted by Gasteiger charge is -2.14. The van der Waals surface area contributed by atoms with Gasteiger partial charge in [0.15, 0.2) is 5.43 Å². The van der Waals surface area contributed by atoms with Gasteiger partial charge in [0.25, 0.3) is 0 Å². The predicted molar refractivity (Wildman–Crippen MR) is 101 cm³/mol. The summed E-state index contributed by atoms with van der Waals surface area (Å²) in [5.41, 5.74) is 1.22. The summed E-state index contributed by atoms with van der Waals surface area (Å²) in [7, 11) is 2.60. The molecule has 1 unspecified atom stereocenters. The Morgan fingerprint density at radius 3 is 2.17 bits per heavy atom. The maximum Gasteiger partial charge on any atom is 0.326 e. The van der Waals surface area contributed by atoms with Gasteiger partial charge in [0.1, 0.15) is 0 Å². The van der Waals surface area contributed by atoms with Crippen LogP contribution in [0.2, 0.25) is 0 Å². The highest BCUT2D eigenvalue weighted by atomic mass is 32.7. The quantitative estimate of drug-likeness (QED) is 0.447. The average molecular weight is 344 g/mol. The van der Waals surface area contributed by atoms with Crippen LogP contribution < -0.4 is 10.7 Å². The summed E-state index contributed by atoms with van der Waals surface area (Å²) in [6.07, 6.45) is 0.899. The van der Waals surface area contributed by atoms with E-state index in [0.29, 0.717) is 28.4 Å². The van der Waals surface area contributed by atoms with Crippen molar-refractivity contribution >= 4 is 47.7 Å². The van der Waals surface area contributed by atoms with Crippen LogP contribution >= 0.6 is 19.8 Å². The molecule has 118 valence electrons. The highest BCUT2D eigenvalue weighted by molar-refractivity contribution is 8.43. The Balaban J connectivity index is 2.15. The molecule has 0 saturated carbocycles. The molecule has 3 aromatic rings. The summed E-state index contributed by atoms with van der Waals surface area (Å²) in [5.74, 6) is 0.969. The number of benzene rings is 2. The summed E-state index contributed by atoms with van der Waals surface area (Å²) >= 11 is 1.67. The lowest BCUT2D eigenvalue weighted by molar-refractivity contribution is 0.244. The van der Waals surface area contributed by atoms with Crippen LogP contribution in [0.25, 0.3) is 21.8 Å². The van der Waals surface area contributed by atoms with Gasteiger partial charge in [-0.05, 0) is 36.4 Å². The van der Waals surface area contributed by atoms with Gasteiger partial charge in [-0.15, -0.1) is 11.4 Å². The van der Waals surface area contributed by atoms with Crippen molar-refractivity contribution in [3.63, 3.8) is 0 Å². The second-order valence-electron chi connectivity index (χ2n) is 5.16. The number of hydrogen-bond donors (Lipinski definition) is 1. The molecule has 3 rings (SSSR count). The molecule has 2 aromatic carbocycles. The van der Waals surface area contributed by atoms with Crippen LogP contribution in [-0.2, 0) is 0 Å². The Morgan fingerprint density at radius 2 is 1.61 bits per heavy atom. The van der Waals surface area contributed by atoms with Crippen molar-refractivity contribution < 1.29 is 4.79 Å². The minimum atomic E-state index is -0.203. The molecule has 0 aliphatic carbocycles. The van der Waals surface area contributed by atoms with E-state index >= 15 is 0 Å². The van der Waals surface area contributed by atoms with Crippen LogP contribution in [0.4, 0.5) is 4.79 Å². The third-order valence-corrected chi connectivity index (χ3v) is 4.93. The number of fused-ring (bicyclic) bond motifs is 2. The fourth-order valence-corrected chi connectivity index (χ4v) is 3.46. The van der Waals surface area contributed by atoms with Gasteiger partial charge in [0.05, 0.1) is 11.0 Å². The number of aromatic nitrogens is 1. The highest BCUT2D eigenvalue weighted by Crippen LogP contribution is 2.18. The Labute approximate surface area is 140 Å². The number of nitrogens with one attached hydrogen (secondary N) is 1. The summed E-state index contributed by atoms with van der Waals surface area (Å²) in [6, 6.07) is 14.2. The van der Waals surface area contributed by atoms with Crippen molar-refractivity contribution in [1.29, 1.82) is 0 Å². The molecule has 1 atom stereocenters. The van der Waals surface area contributed by atoms with Crippen LogP contribution in [0.1, 0.15) is 6.42 Å². The number of hydrogen-bond acceptors (Lipinski definition) is 3. The SMILES string of the molecule is O=C(NCCCSP)n1c2ccccc2c(=O)c2ccccc21. The molecule has 0 spiro atoms. The first-order chi connectivity index (χ1) is 11.2. The van der Waals surface area contributed by atoms with Crippen molar-refractivity contribution in [1.82, 2.24) is 9.88 Å². The van der Waals surface area contributed by atoms with E-state index in [4.69, 9.17) is 0 Å². The standard InChI is InChI=1S/C17H17N2O2PS/c20-16-12-6-1-3-8-14(12)19(15-9-4-2-7-13(15)16)17(21)18-10-5-11-23-22/h1-4,6-9H,5,10-11,22H2,(H,18,21). The van der Waals surface area contributed by atoms with Gasteiger partial charge in [-0.25, -0.2) is 4.79 Å². The monoisotopic (exact) mass is 344 g/mol. The maximum atomic E-state index is 12.7. The third-order valence-electron chi connectivity index (χ3n) is 3.70. The zero-order valence-electron chi connectivity index (χ0n) is 12.5. The van der Waals surface area contributed by atoms with Crippen molar-refractivity contribution in [3.8, 4) is 0 Å².